The molecule has 0 bridgehead atoms. The molecule has 7 heteroatoms. The van der Waals surface area contributed by atoms with E-state index in [4.69, 9.17) is 14.7 Å². The average Bonchev–Trinajstić information content (AvgIpc) is 2.93. The van der Waals surface area contributed by atoms with Crippen LogP contribution in [-0.2, 0) is 9.53 Å². The molecular weight excluding hydrogens is 481 g/mol. The molecular formula is C31H24FN3O3. The first-order chi connectivity index (χ1) is 18.4. The van der Waals surface area contributed by atoms with Crippen molar-refractivity contribution in [2.45, 2.75) is 13.8 Å². The fourth-order valence-corrected chi connectivity index (χ4v) is 3.97. The summed E-state index contributed by atoms with van der Waals surface area (Å²) in [6, 6.07) is 26.7. The molecule has 6 nitrogen and oxygen atoms in total. The highest BCUT2D eigenvalue weighted by molar-refractivity contribution is 5.97. The molecule has 0 fully saturated rings. The molecule has 5 aromatic rings. The van der Waals surface area contributed by atoms with Gasteiger partial charge in [-0.3, -0.25) is 4.79 Å². The van der Waals surface area contributed by atoms with Crippen molar-refractivity contribution in [2.75, 3.05) is 11.9 Å². The van der Waals surface area contributed by atoms with E-state index < -0.39 is 24.3 Å². The molecule has 0 spiro atoms. The Morgan fingerprint density at radius 3 is 1.95 bits per heavy atom. The van der Waals surface area contributed by atoms with Gasteiger partial charge in [0.1, 0.15) is 5.82 Å². The molecule has 188 valence electrons. The number of carbonyl (C=O) groups is 2. The van der Waals surface area contributed by atoms with Crippen LogP contribution in [0, 0.1) is 19.7 Å². The Balaban J connectivity index is 1.43. The second-order valence-corrected chi connectivity index (χ2v) is 8.96. The van der Waals surface area contributed by atoms with Gasteiger partial charge in [0.2, 0.25) is 0 Å². The Morgan fingerprint density at radius 2 is 1.34 bits per heavy atom. The molecule has 1 aromatic heterocycles. The number of esters is 1. The highest BCUT2D eigenvalue weighted by atomic mass is 19.1. The maximum absolute atomic E-state index is 13.8. The number of nitrogens with zero attached hydrogens (tertiary/aromatic N) is 2. The summed E-state index contributed by atoms with van der Waals surface area (Å²) in [5, 5.41) is 2.39. The van der Waals surface area contributed by atoms with Gasteiger partial charge in [0.15, 0.2) is 6.61 Å². The number of ether oxygens (including phenoxy) is 1. The SMILES string of the molecule is Cc1ccc(-c2nc3ccc(C(=O)OCC(=O)Nc4ccccc4F)cc3nc2-c2ccc(C)cc2)cc1. The van der Waals surface area contributed by atoms with Crippen molar-refractivity contribution in [3.63, 3.8) is 0 Å². The van der Waals surface area contributed by atoms with Crippen molar-refractivity contribution in [1.29, 1.82) is 0 Å². The minimum atomic E-state index is -0.697. The van der Waals surface area contributed by atoms with Crippen molar-refractivity contribution in [1.82, 2.24) is 9.97 Å². The van der Waals surface area contributed by atoms with Crippen molar-refractivity contribution in [3.8, 4) is 22.5 Å². The van der Waals surface area contributed by atoms with Gasteiger partial charge >= 0.3 is 5.97 Å². The van der Waals surface area contributed by atoms with Gasteiger partial charge in [0.05, 0.1) is 33.7 Å². The van der Waals surface area contributed by atoms with Gasteiger partial charge in [-0.2, -0.15) is 0 Å². The first kappa shape index (κ1) is 24.8. The normalized spacial score (nSPS) is 10.8. The smallest absolute Gasteiger partial charge is 0.338 e. The first-order valence-electron chi connectivity index (χ1n) is 12.0. The van der Waals surface area contributed by atoms with Gasteiger partial charge in [-0.25, -0.2) is 19.2 Å². The number of benzene rings is 4. The molecule has 4 aromatic carbocycles. The number of carbonyl (C=O) groups excluding carboxylic acids is 2. The number of hydrogen-bond acceptors (Lipinski definition) is 5. The van der Waals surface area contributed by atoms with Crippen LogP contribution < -0.4 is 5.32 Å². The van der Waals surface area contributed by atoms with E-state index in [-0.39, 0.29) is 11.3 Å². The summed E-state index contributed by atoms with van der Waals surface area (Å²) in [7, 11) is 0. The quantitative estimate of drug-likeness (QED) is 0.266. The zero-order chi connectivity index (χ0) is 26.6. The third-order valence-electron chi connectivity index (χ3n) is 6.03. The molecule has 0 aliphatic heterocycles. The summed E-state index contributed by atoms with van der Waals surface area (Å²) in [6.07, 6.45) is 0. The number of halogens is 1. The van der Waals surface area contributed by atoms with E-state index in [9.17, 15) is 14.0 Å². The Morgan fingerprint density at radius 1 is 0.763 bits per heavy atom. The number of para-hydroxylation sites is 1. The fourth-order valence-electron chi connectivity index (χ4n) is 3.97. The molecule has 0 radical (unpaired) electrons. The van der Waals surface area contributed by atoms with E-state index in [0.717, 1.165) is 27.9 Å². The highest BCUT2D eigenvalue weighted by Crippen LogP contribution is 2.31. The zero-order valence-electron chi connectivity index (χ0n) is 20.9. The van der Waals surface area contributed by atoms with Gasteiger partial charge in [0, 0.05) is 11.1 Å². The maximum Gasteiger partial charge on any atom is 0.338 e. The maximum atomic E-state index is 13.8. The van der Waals surface area contributed by atoms with Gasteiger partial charge in [-0.1, -0.05) is 71.8 Å². The molecule has 0 unspecified atom stereocenters. The molecule has 5 rings (SSSR count). The van der Waals surface area contributed by atoms with Crippen LogP contribution in [0.25, 0.3) is 33.5 Å². The number of fused-ring (bicyclic) bond motifs is 1. The first-order valence-corrected chi connectivity index (χ1v) is 12.0. The minimum absolute atomic E-state index is 0.0162. The molecule has 0 saturated heterocycles. The standard InChI is InChI=1S/C31H24FN3O3/c1-19-7-11-21(12-8-19)29-30(22-13-9-20(2)10-14-22)35-27-17-23(15-16-26(27)34-29)31(37)38-18-28(36)33-25-6-4-3-5-24(25)32/h3-17H,18H2,1-2H3,(H,33,36). The third-order valence-corrected chi connectivity index (χ3v) is 6.03. The number of rotatable bonds is 6. The number of aryl methyl sites for hydroxylation is 2. The summed E-state index contributed by atoms with van der Waals surface area (Å²) < 4.78 is 18.9. The van der Waals surface area contributed by atoms with Gasteiger partial charge in [-0.05, 0) is 44.2 Å². The molecule has 1 heterocycles. The summed E-state index contributed by atoms with van der Waals surface area (Å²) in [5.41, 5.74) is 6.91. The number of nitrogens with one attached hydrogen (secondary N) is 1. The van der Waals surface area contributed by atoms with Crippen LogP contribution in [0.3, 0.4) is 0 Å². The van der Waals surface area contributed by atoms with Crippen molar-refractivity contribution in [2.24, 2.45) is 0 Å². The van der Waals surface area contributed by atoms with E-state index in [1.54, 1.807) is 24.3 Å². The van der Waals surface area contributed by atoms with Gasteiger partial charge in [-0.15, -0.1) is 0 Å². The highest BCUT2D eigenvalue weighted by Gasteiger charge is 2.16. The van der Waals surface area contributed by atoms with Crippen LogP contribution in [0.1, 0.15) is 21.5 Å². The lowest BCUT2D eigenvalue weighted by Crippen LogP contribution is -2.21. The van der Waals surface area contributed by atoms with Crippen LogP contribution in [0.15, 0.2) is 91.0 Å². The van der Waals surface area contributed by atoms with Crippen LogP contribution in [0.4, 0.5) is 10.1 Å². The summed E-state index contributed by atoms with van der Waals surface area (Å²) >= 11 is 0. The van der Waals surface area contributed by atoms with Gasteiger partial charge in [0.25, 0.3) is 5.91 Å². The molecule has 0 aliphatic carbocycles. The molecule has 0 saturated carbocycles. The lowest BCUT2D eigenvalue weighted by atomic mass is 10.0. The Labute approximate surface area is 219 Å². The molecule has 0 atom stereocenters. The van der Waals surface area contributed by atoms with E-state index >= 15 is 0 Å². The Bertz CT molecular complexity index is 1650. The largest absolute Gasteiger partial charge is 0.452 e. The minimum Gasteiger partial charge on any atom is -0.452 e. The number of amides is 1. The Hall–Kier alpha value is -4.91. The predicted molar refractivity (Wildman–Crippen MR) is 145 cm³/mol. The van der Waals surface area contributed by atoms with Crippen LogP contribution in [-0.4, -0.2) is 28.5 Å². The van der Waals surface area contributed by atoms with Crippen molar-refractivity contribution >= 4 is 28.6 Å². The number of hydrogen-bond donors (Lipinski definition) is 1. The van der Waals surface area contributed by atoms with Crippen molar-refractivity contribution in [3.05, 3.63) is 114 Å². The lowest BCUT2D eigenvalue weighted by Gasteiger charge is -2.12. The van der Waals surface area contributed by atoms with Crippen LogP contribution in [0.5, 0.6) is 0 Å². The van der Waals surface area contributed by atoms with Gasteiger partial charge < -0.3 is 10.1 Å². The van der Waals surface area contributed by atoms with E-state index in [0.29, 0.717) is 16.7 Å². The monoisotopic (exact) mass is 505 g/mol. The van der Waals surface area contributed by atoms with E-state index in [2.05, 4.69) is 5.32 Å². The van der Waals surface area contributed by atoms with Crippen LogP contribution in [0.2, 0.25) is 0 Å². The number of aromatic nitrogens is 2. The fraction of sp³-hybridized carbons (Fsp3) is 0.0968. The second kappa shape index (κ2) is 10.6. The Kier molecular flexibility index (Phi) is 6.91. The molecule has 0 aliphatic rings. The number of anilines is 1. The molecule has 1 amide bonds. The lowest BCUT2D eigenvalue weighted by molar-refractivity contribution is -0.119. The van der Waals surface area contributed by atoms with Crippen LogP contribution >= 0.6 is 0 Å². The topological polar surface area (TPSA) is 81.2 Å². The predicted octanol–water partition coefficient (Wildman–Crippen LogP) is 6.52. The van der Waals surface area contributed by atoms with E-state index in [1.165, 1.54) is 18.2 Å². The zero-order valence-corrected chi connectivity index (χ0v) is 20.9. The summed E-state index contributed by atoms with van der Waals surface area (Å²) in [4.78, 5) is 34.6. The summed E-state index contributed by atoms with van der Waals surface area (Å²) in [6.45, 7) is 3.49. The second-order valence-electron chi connectivity index (χ2n) is 8.96. The third kappa shape index (κ3) is 5.42. The van der Waals surface area contributed by atoms with Crippen molar-refractivity contribution < 1.29 is 18.7 Å². The average molecular weight is 506 g/mol. The summed E-state index contributed by atoms with van der Waals surface area (Å²) in [5.74, 6) is -1.92. The van der Waals surface area contributed by atoms with E-state index in [1.807, 2.05) is 62.4 Å². The molecule has 1 N–H and O–H groups in total. The molecule has 38 heavy (non-hydrogen) atoms.